The molecule has 0 amide bonds. The van der Waals surface area contributed by atoms with E-state index in [2.05, 4.69) is 32.8 Å². The lowest BCUT2D eigenvalue weighted by atomic mass is 10.4. The van der Waals surface area contributed by atoms with Crippen molar-refractivity contribution in [3.63, 3.8) is 0 Å². The molecule has 0 atom stereocenters. The fraction of sp³-hybridized carbons (Fsp3) is 0.667. The zero-order valence-electron chi connectivity index (χ0n) is 8.61. The Bertz CT molecular complexity index is 278. The molecule has 0 aliphatic heterocycles. The maximum Gasteiger partial charge on any atom is 0.135 e. The molecule has 0 aromatic carbocycles. The van der Waals surface area contributed by atoms with E-state index < -0.39 is 0 Å². The van der Waals surface area contributed by atoms with Crippen LogP contribution in [0.1, 0.15) is 33.7 Å². The minimum atomic E-state index is 0.335. The number of rotatable bonds is 3. The molecule has 0 aliphatic rings. The van der Waals surface area contributed by atoms with Crippen molar-refractivity contribution in [2.24, 2.45) is 0 Å². The Morgan fingerprint density at radius 1 is 1.38 bits per heavy atom. The lowest BCUT2D eigenvalue weighted by Crippen LogP contribution is -2.07. The maximum atomic E-state index is 5.93. The molecule has 4 heteroatoms. The van der Waals surface area contributed by atoms with E-state index in [9.17, 15) is 0 Å². The summed E-state index contributed by atoms with van der Waals surface area (Å²) in [5, 5.41) is 4.79. The Balaban J connectivity index is 2.86. The van der Waals surface area contributed by atoms with Gasteiger partial charge in [-0.1, -0.05) is 13.8 Å². The first kappa shape index (κ1) is 10.4. The first-order valence-electron chi connectivity index (χ1n) is 4.52. The largest absolute Gasteiger partial charge is 0.383 e. The average molecular weight is 199 g/mol. The van der Waals surface area contributed by atoms with Crippen molar-refractivity contribution in [1.82, 2.24) is 9.78 Å². The summed E-state index contributed by atoms with van der Waals surface area (Å²) in [5.74, 6) is 0.786. The standard InChI is InChI=1S/C9H17N3S/c1-6(2)12-9(10)8(5-11-12)13-7(3)4/h5-7H,10H2,1-4H3. The summed E-state index contributed by atoms with van der Waals surface area (Å²) in [4.78, 5) is 1.09. The molecule has 1 aromatic rings. The van der Waals surface area contributed by atoms with Crippen molar-refractivity contribution < 1.29 is 0 Å². The molecule has 3 nitrogen and oxygen atoms in total. The third-order valence-corrected chi connectivity index (χ3v) is 2.69. The molecule has 74 valence electrons. The zero-order chi connectivity index (χ0) is 10.0. The summed E-state index contributed by atoms with van der Waals surface area (Å²) in [7, 11) is 0. The predicted octanol–water partition coefficient (Wildman–Crippen LogP) is 2.55. The Labute approximate surface area is 83.7 Å². The molecule has 0 radical (unpaired) electrons. The van der Waals surface area contributed by atoms with Crippen molar-refractivity contribution in [3.8, 4) is 0 Å². The number of hydrogen-bond donors (Lipinski definition) is 1. The SMILES string of the molecule is CC(C)Sc1cnn(C(C)C)c1N. The van der Waals surface area contributed by atoms with Gasteiger partial charge in [-0.2, -0.15) is 5.10 Å². The van der Waals surface area contributed by atoms with E-state index in [1.54, 1.807) is 11.8 Å². The van der Waals surface area contributed by atoms with Crippen molar-refractivity contribution in [1.29, 1.82) is 0 Å². The number of nitrogen functional groups attached to an aromatic ring is 1. The van der Waals surface area contributed by atoms with Gasteiger partial charge in [0.25, 0.3) is 0 Å². The van der Waals surface area contributed by atoms with E-state index in [4.69, 9.17) is 5.73 Å². The Morgan fingerprint density at radius 2 is 2.00 bits per heavy atom. The highest BCUT2D eigenvalue weighted by atomic mass is 32.2. The average Bonchev–Trinajstić information content (AvgIpc) is 2.32. The van der Waals surface area contributed by atoms with E-state index in [0.717, 1.165) is 10.7 Å². The molecule has 1 rings (SSSR count). The normalized spacial score (nSPS) is 11.5. The summed E-state index contributed by atoms with van der Waals surface area (Å²) in [6, 6.07) is 0.335. The van der Waals surface area contributed by atoms with E-state index in [-0.39, 0.29) is 0 Å². The van der Waals surface area contributed by atoms with Crippen LogP contribution in [0.2, 0.25) is 0 Å². The number of nitrogens with two attached hydrogens (primary N) is 1. The molecule has 13 heavy (non-hydrogen) atoms. The van der Waals surface area contributed by atoms with Gasteiger partial charge < -0.3 is 5.73 Å². The van der Waals surface area contributed by atoms with E-state index in [1.807, 2.05) is 10.9 Å². The molecule has 0 saturated heterocycles. The fourth-order valence-corrected chi connectivity index (χ4v) is 1.94. The topological polar surface area (TPSA) is 43.8 Å². The monoisotopic (exact) mass is 199 g/mol. The maximum absolute atomic E-state index is 5.93. The molecule has 2 N–H and O–H groups in total. The second-order valence-corrected chi connectivity index (χ2v) is 5.22. The lowest BCUT2D eigenvalue weighted by Gasteiger charge is -2.08. The van der Waals surface area contributed by atoms with E-state index in [0.29, 0.717) is 11.3 Å². The van der Waals surface area contributed by atoms with Gasteiger partial charge in [-0.05, 0) is 13.8 Å². The quantitative estimate of drug-likeness (QED) is 0.761. The number of thioether (sulfide) groups is 1. The smallest absolute Gasteiger partial charge is 0.135 e. The number of aromatic nitrogens is 2. The van der Waals surface area contributed by atoms with Crippen molar-refractivity contribution in [2.45, 2.75) is 43.9 Å². The van der Waals surface area contributed by atoms with Crippen LogP contribution in [0, 0.1) is 0 Å². The molecule has 0 saturated carbocycles. The van der Waals surface area contributed by atoms with Crippen molar-refractivity contribution in [3.05, 3.63) is 6.20 Å². The van der Waals surface area contributed by atoms with Crippen LogP contribution in [0.4, 0.5) is 5.82 Å². The molecular formula is C9H17N3S. The second kappa shape index (κ2) is 4.05. The minimum absolute atomic E-state index is 0.335. The Kier molecular flexibility index (Phi) is 3.25. The molecule has 0 aliphatic carbocycles. The van der Waals surface area contributed by atoms with E-state index >= 15 is 0 Å². The minimum Gasteiger partial charge on any atom is -0.383 e. The number of hydrogen-bond acceptors (Lipinski definition) is 3. The highest BCUT2D eigenvalue weighted by Gasteiger charge is 2.10. The van der Waals surface area contributed by atoms with Gasteiger partial charge in [-0.25, -0.2) is 4.68 Å². The highest BCUT2D eigenvalue weighted by molar-refractivity contribution is 8.00. The third kappa shape index (κ3) is 2.40. The first-order chi connectivity index (χ1) is 6.02. The van der Waals surface area contributed by atoms with Crippen LogP contribution in [-0.4, -0.2) is 15.0 Å². The third-order valence-electron chi connectivity index (χ3n) is 1.65. The summed E-state index contributed by atoms with van der Waals surface area (Å²) < 4.78 is 1.85. The predicted molar refractivity (Wildman–Crippen MR) is 58.0 cm³/mol. The van der Waals surface area contributed by atoms with Gasteiger partial charge >= 0.3 is 0 Å². The van der Waals surface area contributed by atoms with Gasteiger partial charge in [0.05, 0.1) is 11.1 Å². The van der Waals surface area contributed by atoms with Crippen LogP contribution in [0.5, 0.6) is 0 Å². The first-order valence-corrected chi connectivity index (χ1v) is 5.40. The molecule has 0 spiro atoms. The molecule has 0 fully saturated rings. The Morgan fingerprint density at radius 3 is 2.38 bits per heavy atom. The van der Waals surface area contributed by atoms with Gasteiger partial charge in [0, 0.05) is 11.3 Å². The molecule has 1 heterocycles. The van der Waals surface area contributed by atoms with Crippen molar-refractivity contribution in [2.75, 3.05) is 5.73 Å². The molecular weight excluding hydrogens is 182 g/mol. The van der Waals surface area contributed by atoms with Gasteiger partial charge in [0.2, 0.25) is 0 Å². The highest BCUT2D eigenvalue weighted by Crippen LogP contribution is 2.29. The number of nitrogens with zero attached hydrogens (tertiary/aromatic N) is 2. The van der Waals surface area contributed by atoms with E-state index in [1.165, 1.54) is 0 Å². The summed E-state index contributed by atoms with van der Waals surface area (Å²) in [5.41, 5.74) is 5.93. The van der Waals surface area contributed by atoms with Crippen LogP contribution in [-0.2, 0) is 0 Å². The van der Waals surface area contributed by atoms with Crippen LogP contribution in [0.15, 0.2) is 11.1 Å². The summed E-state index contributed by atoms with van der Waals surface area (Å²) in [6.07, 6.45) is 1.85. The van der Waals surface area contributed by atoms with Gasteiger partial charge in [-0.3, -0.25) is 0 Å². The van der Waals surface area contributed by atoms with Gasteiger partial charge in [-0.15, -0.1) is 11.8 Å². The summed E-state index contributed by atoms with van der Waals surface area (Å²) in [6.45, 7) is 8.45. The lowest BCUT2D eigenvalue weighted by molar-refractivity contribution is 0.540. The van der Waals surface area contributed by atoms with Crippen LogP contribution in [0.3, 0.4) is 0 Å². The van der Waals surface area contributed by atoms with Gasteiger partial charge in [0.1, 0.15) is 5.82 Å². The molecule has 0 bridgehead atoms. The van der Waals surface area contributed by atoms with Crippen LogP contribution in [0.25, 0.3) is 0 Å². The van der Waals surface area contributed by atoms with Crippen LogP contribution >= 0.6 is 11.8 Å². The number of anilines is 1. The molecule has 0 unspecified atom stereocenters. The second-order valence-electron chi connectivity index (χ2n) is 3.60. The van der Waals surface area contributed by atoms with Gasteiger partial charge in [0.15, 0.2) is 0 Å². The Hall–Kier alpha value is -0.640. The summed E-state index contributed by atoms with van der Waals surface area (Å²) >= 11 is 1.75. The van der Waals surface area contributed by atoms with Crippen LogP contribution < -0.4 is 5.73 Å². The molecule has 1 aromatic heterocycles. The zero-order valence-corrected chi connectivity index (χ0v) is 9.43. The fourth-order valence-electron chi connectivity index (χ4n) is 1.11. The van der Waals surface area contributed by atoms with Crippen molar-refractivity contribution >= 4 is 17.6 Å².